The monoisotopic (exact) mass is 763 g/mol. The molecular formula is C55H33N5. The number of imidazole rings is 1. The fourth-order valence-corrected chi connectivity index (χ4v) is 8.79. The second-order valence-electron chi connectivity index (χ2n) is 15.0. The van der Waals surface area contributed by atoms with Crippen molar-refractivity contribution < 1.29 is 0 Å². The quantitative estimate of drug-likeness (QED) is 0.152. The Labute approximate surface area is 346 Å². The molecule has 5 heteroatoms. The fourth-order valence-electron chi connectivity index (χ4n) is 8.79. The van der Waals surface area contributed by atoms with Crippen LogP contribution in [-0.2, 0) is 0 Å². The molecule has 0 saturated heterocycles. The van der Waals surface area contributed by atoms with Gasteiger partial charge in [0.2, 0.25) is 0 Å². The van der Waals surface area contributed by atoms with Crippen LogP contribution in [0.4, 0.5) is 17.1 Å². The Kier molecular flexibility index (Phi) is 8.19. The largest absolute Gasteiger partial charge is 0.311 e. The molecule has 0 aliphatic rings. The summed E-state index contributed by atoms with van der Waals surface area (Å²) >= 11 is 0. The molecule has 0 saturated carbocycles. The summed E-state index contributed by atoms with van der Waals surface area (Å²) in [5, 5.41) is 26.3. The Balaban J connectivity index is 0.981. The second-order valence-corrected chi connectivity index (χ2v) is 15.0. The molecule has 5 nitrogen and oxygen atoms in total. The van der Waals surface area contributed by atoms with Crippen molar-refractivity contribution >= 4 is 55.0 Å². The van der Waals surface area contributed by atoms with Gasteiger partial charge in [-0.15, -0.1) is 0 Å². The van der Waals surface area contributed by atoms with Crippen molar-refractivity contribution in [2.24, 2.45) is 0 Å². The fraction of sp³-hybridized carbons (Fsp3) is 0. The third kappa shape index (κ3) is 5.73. The number of rotatable bonds is 7. The highest BCUT2D eigenvalue weighted by atomic mass is 15.1. The molecule has 0 atom stereocenters. The Morgan fingerprint density at radius 2 is 0.883 bits per heavy atom. The van der Waals surface area contributed by atoms with Gasteiger partial charge in [-0.1, -0.05) is 121 Å². The summed E-state index contributed by atoms with van der Waals surface area (Å²) in [4.78, 5) is 7.24. The number of hydrogen-bond acceptors (Lipinski definition) is 4. The van der Waals surface area contributed by atoms with E-state index in [1.54, 1.807) is 0 Å². The molecule has 60 heavy (non-hydrogen) atoms. The zero-order valence-corrected chi connectivity index (χ0v) is 32.3. The normalized spacial score (nSPS) is 11.3. The molecule has 0 N–H and O–H groups in total. The first-order chi connectivity index (χ1) is 29.6. The van der Waals surface area contributed by atoms with E-state index < -0.39 is 0 Å². The van der Waals surface area contributed by atoms with Gasteiger partial charge in [-0.25, -0.2) is 4.98 Å². The van der Waals surface area contributed by atoms with Crippen LogP contribution in [0.15, 0.2) is 200 Å². The molecular weight excluding hydrogens is 731 g/mol. The lowest BCUT2D eigenvalue weighted by Crippen LogP contribution is -2.09. The highest BCUT2D eigenvalue weighted by molar-refractivity contribution is 6.27. The molecule has 0 spiro atoms. The van der Waals surface area contributed by atoms with Crippen LogP contribution in [0.3, 0.4) is 0 Å². The van der Waals surface area contributed by atoms with Gasteiger partial charge in [0.1, 0.15) is 5.65 Å². The molecule has 0 aliphatic heterocycles. The maximum Gasteiger partial charge on any atom is 0.137 e. The minimum atomic E-state index is 0.602. The van der Waals surface area contributed by atoms with Crippen LogP contribution in [0.2, 0.25) is 0 Å². The van der Waals surface area contributed by atoms with Crippen LogP contribution in [0.1, 0.15) is 11.1 Å². The number of anilines is 3. The maximum atomic E-state index is 9.44. The lowest BCUT2D eigenvalue weighted by Gasteiger charge is -2.26. The zero-order chi connectivity index (χ0) is 40.2. The van der Waals surface area contributed by atoms with Crippen molar-refractivity contribution in [2.45, 2.75) is 0 Å². The van der Waals surface area contributed by atoms with Gasteiger partial charge in [-0.2, -0.15) is 10.5 Å². The van der Waals surface area contributed by atoms with Crippen LogP contribution in [-0.4, -0.2) is 9.38 Å². The highest BCUT2D eigenvalue weighted by Crippen LogP contribution is 2.44. The molecule has 0 bridgehead atoms. The minimum absolute atomic E-state index is 0.602. The number of fused-ring (bicyclic) bond motifs is 1. The lowest BCUT2D eigenvalue weighted by molar-refractivity contribution is 1.19. The van der Waals surface area contributed by atoms with Crippen LogP contribution in [0.5, 0.6) is 0 Å². The predicted molar refractivity (Wildman–Crippen MR) is 245 cm³/mol. The molecule has 0 aliphatic carbocycles. The molecule has 2 heterocycles. The topological polar surface area (TPSA) is 68.1 Å². The van der Waals surface area contributed by atoms with Gasteiger partial charge < -0.3 is 4.90 Å². The van der Waals surface area contributed by atoms with Crippen molar-refractivity contribution in [1.82, 2.24) is 9.38 Å². The van der Waals surface area contributed by atoms with E-state index in [1.165, 1.54) is 43.4 Å². The van der Waals surface area contributed by atoms with Gasteiger partial charge >= 0.3 is 0 Å². The van der Waals surface area contributed by atoms with Gasteiger partial charge in [-0.3, -0.25) is 4.40 Å². The Bertz CT molecular complexity index is 3400. The third-order valence-electron chi connectivity index (χ3n) is 11.7. The first-order valence-corrected chi connectivity index (χ1v) is 19.9. The van der Waals surface area contributed by atoms with E-state index in [2.05, 4.69) is 161 Å². The van der Waals surface area contributed by atoms with Gasteiger partial charge in [0.15, 0.2) is 0 Å². The van der Waals surface area contributed by atoms with E-state index >= 15 is 0 Å². The number of hydrogen-bond donors (Lipinski definition) is 0. The van der Waals surface area contributed by atoms with E-state index in [9.17, 15) is 10.5 Å². The minimum Gasteiger partial charge on any atom is -0.311 e. The van der Waals surface area contributed by atoms with Crippen LogP contribution < -0.4 is 4.90 Å². The molecule has 278 valence electrons. The van der Waals surface area contributed by atoms with Gasteiger partial charge in [-0.05, 0) is 127 Å². The summed E-state index contributed by atoms with van der Waals surface area (Å²) in [6, 6.07) is 71.7. The number of benzene rings is 9. The number of nitrogens with zero attached hydrogens (tertiary/aromatic N) is 5. The summed E-state index contributed by atoms with van der Waals surface area (Å²) in [6.45, 7) is 0. The maximum absolute atomic E-state index is 9.44. The summed E-state index contributed by atoms with van der Waals surface area (Å²) in [6.07, 6.45) is 2.08. The molecule has 0 fully saturated rings. The molecule has 9 aromatic carbocycles. The third-order valence-corrected chi connectivity index (χ3v) is 11.7. The van der Waals surface area contributed by atoms with Crippen molar-refractivity contribution in [2.75, 3.05) is 4.90 Å². The van der Waals surface area contributed by atoms with Crippen molar-refractivity contribution in [3.8, 4) is 56.9 Å². The van der Waals surface area contributed by atoms with Crippen molar-refractivity contribution in [3.05, 3.63) is 211 Å². The predicted octanol–water partition coefficient (Wildman–Crippen LogP) is 14.1. The van der Waals surface area contributed by atoms with E-state index in [0.29, 0.717) is 11.1 Å². The van der Waals surface area contributed by atoms with Crippen LogP contribution in [0, 0.1) is 22.7 Å². The molecule has 11 aromatic rings. The molecule has 0 amide bonds. The van der Waals surface area contributed by atoms with E-state index in [-0.39, 0.29) is 0 Å². The summed E-state index contributed by atoms with van der Waals surface area (Å²) in [5.41, 5.74) is 13.8. The molecule has 11 rings (SSSR count). The van der Waals surface area contributed by atoms with Crippen LogP contribution >= 0.6 is 0 Å². The Morgan fingerprint density at radius 3 is 1.42 bits per heavy atom. The standard InChI is InChI=1S/C55H33N5/c56-34-36-9-23-44(24-10-36)60(45-25-11-37(35-57)12-26-45)46-27-17-39(18-28-46)48-30-20-41-21-31-49-47(29-19-40-22-32-50(48)53(41)52(40)49)38-13-15-42(16-14-38)54-55(43-6-2-1-3-7-43)59-33-5-4-8-51(59)58-54/h1-33H. The summed E-state index contributed by atoms with van der Waals surface area (Å²) < 4.78 is 2.17. The second kappa shape index (κ2) is 14.1. The molecule has 2 aromatic heterocycles. The Hall–Kier alpha value is -8.51. The van der Waals surface area contributed by atoms with Crippen molar-refractivity contribution in [1.29, 1.82) is 10.5 Å². The first kappa shape index (κ1) is 34.7. The smallest absolute Gasteiger partial charge is 0.137 e. The zero-order valence-electron chi connectivity index (χ0n) is 32.3. The van der Waals surface area contributed by atoms with E-state index in [1.807, 2.05) is 60.7 Å². The van der Waals surface area contributed by atoms with E-state index in [0.717, 1.165) is 56.4 Å². The average Bonchev–Trinajstić information content (AvgIpc) is 3.72. The average molecular weight is 764 g/mol. The van der Waals surface area contributed by atoms with Gasteiger partial charge in [0.25, 0.3) is 0 Å². The van der Waals surface area contributed by atoms with Crippen molar-refractivity contribution in [3.63, 3.8) is 0 Å². The number of pyridine rings is 1. The van der Waals surface area contributed by atoms with Gasteiger partial charge in [0, 0.05) is 34.4 Å². The highest BCUT2D eigenvalue weighted by Gasteiger charge is 2.19. The van der Waals surface area contributed by atoms with Crippen LogP contribution in [0.25, 0.3) is 82.7 Å². The van der Waals surface area contributed by atoms with Gasteiger partial charge in [0.05, 0.1) is 34.7 Å². The lowest BCUT2D eigenvalue weighted by atomic mass is 9.87. The summed E-state index contributed by atoms with van der Waals surface area (Å²) in [7, 11) is 0. The SMILES string of the molecule is N#Cc1ccc(N(c2ccc(C#N)cc2)c2ccc(-c3ccc4ccc5c(-c6ccc(-c7nc8ccccn8c7-c7ccccc7)cc6)ccc6ccc3c4c65)cc2)cc1. The first-order valence-electron chi connectivity index (χ1n) is 19.9. The number of nitriles is 2. The molecule has 0 unspecified atom stereocenters. The summed E-state index contributed by atoms with van der Waals surface area (Å²) in [5.74, 6) is 0. The number of aromatic nitrogens is 2. The molecule has 0 radical (unpaired) electrons. The van der Waals surface area contributed by atoms with E-state index in [4.69, 9.17) is 4.98 Å². The Morgan fingerprint density at radius 1 is 0.417 bits per heavy atom.